The third-order valence-electron chi connectivity index (χ3n) is 0.168. The lowest BCUT2D eigenvalue weighted by Crippen LogP contribution is -1.70. The van der Waals surface area contributed by atoms with Gasteiger partial charge >= 0.3 is 0 Å². The summed E-state index contributed by atoms with van der Waals surface area (Å²) in [4.78, 5) is 9.03. The molecular formula is H2N6O. The molecule has 0 bridgehead atoms. The molecule has 0 fully saturated rings. The van der Waals surface area contributed by atoms with Crippen LogP contribution in [0.3, 0.4) is 0 Å². The zero-order chi connectivity index (χ0) is 5.54. The SMILES string of the molecule is NN=NN=NN=O. The van der Waals surface area contributed by atoms with E-state index in [1.807, 2.05) is 5.29 Å². The Hall–Kier alpha value is -1.40. The van der Waals surface area contributed by atoms with Gasteiger partial charge in [-0.2, -0.15) is 0 Å². The molecule has 0 aromatic carbocycles. The molecule has 0 spiro atoms. The van der Waals surface area contributed by atoms with Gasteiger partial charge in [0, 0.05) is 10.4 Å². The Morgan fingerprint density at radius 1 is 1.14 bits per heavy atom. The van der Waals surface area contributed by atoms with Crippen LogP contribution in [0.15, 0.2) is 26.2 Å². The zero-order valence-corrected chi connectivity index (χ0v) is 3.22. The molecule has 2 N–H and O–H groups in total. The Kier molecular flexibility index (Phi) is 3.68. The van der Waals surface area contributed by atoms with Crippen LogP contribution in [0.2, 0.25) is 0 Å². The van der Waals surface area contributed by atoms with Gasteiger partial charge in [-0.3, -0.25) is 0 Å². The molecule has 0 atom stereocenters. The molecule has 0 saturated heterocycles. The van der Waals surface area contributed by atoms with E-state index in [-0.39, 0.29) is 0 Å². The number of nitrogens with zero attached hydrogens (tertiary/aromatic N) is 5. The molecule has 0 saturated carbocycles. The molecule has 7 heavy (non-hydrogen) atoms. The van der Waals surface area contributed by atoms with Gasteiger partial charge in [-0.15, -0.1) is 4.91 Å². The average Bonchev–Trinajstić information content (AvgIpc) is 1.69. The Bertz CT molecular complexity index is 90.4. The maximum Gasteiger partial charge on any atom is 0.102 e. The quantitative estimate of drug-likeness (QED) is 0.235. The highest BCUT2D eigenvalue weighted by molar-refractivity contribution is 4.09. The van der Waals surface area contributed by atoms with Gasteiger partial charge in [0.1, 0.15) is 5.29 Å². The predicted molar refractivity (Wildman–Crippen MR) is 19.7 cm³/mol. The Labute approximate surface area is 38.2 Å². The van der Waals surface area contributed by atoms with Gasteiger partial charge in [0.15, 0.2) is 0 Å². The fourth-order valence-electron chi connectivity index (χ4n) is 0.0573. The van der Waals surface area contributed by atoms with Crippen LogP contribution in [-0.2, 0) is 0 Å². The van der Waals surface area contributed by atoms with Crippen LogP contribution in [-0.4, -0.2) is 0 Å². The first kappa shape index (κ1) is 5.60. The standard InChI is InChI=1S/H2N6O/c1-2-3-4-5-6-7/h(H2,1,3,5,7). The summed E-state index contributed by atoms with van der Waals surface area (Å²) in [6.45, 7) is 0. The summed E-state index contributed by atoms with van der Waals surface area (Å²) in [7, 11) is 0. The van der Waals surface area contributed by atoms with E-state index in [1.54, 1.807) is 0 Å². The van der Waals surface area contributed by atoms with Crippen molar-refractivity contribution in [1.82, 2.24) is 0 Å². The number of nitrogens with two attached hydrogens (primary N) is 1. The molecule has 0 aliphatic rings. The number of rotatable bonds is 2. The number of hydrogen-bond acceptors (Lipinski definition) is 2. The topological polar surface area (TPSA) is 105 Å². The van der Waals surface area contributed by atoms with E-state index in [0.29, 0.717) is 0 Å². The van der Waals surface area contributed by atoms with Gasteiger partial charge in [-0.05, 0) is 5.22 Å². The Morgan fingerprint density at radius 2 is 1.86 bits per heavy atom. The van der Waals surface area contributed by atoms with Crippen molar-refractivity contribution in [1.29, 1.82) is 0 Å². The van der Waals surface area contributed by atoms with E-state index in [2.05, 4.69) is 26.7 Å². The van der Waals surface area contributed by atoms with Crippen LogP contribution in [0, 0.1) is 4.91 Å². The average molecular weight is 102 g/mol. The summed E-state index contributed by atoms with van der Waals surface area (Å²) < 4.78 is 0. The molecule has 38 valence electrons. The van der Waals surface area contributed by atoms with Crippen molar-refractivity contribution in [2.75, 3.05) is 0 Å². The lowest BCUT2D eigenvalue weighted by Gasteiger charge is -1.60. The maximum absolute atomic E-state index is 9.03. The van der Waals surface area contributed by atoms with Crippen LogP contribution in [0.4, 0.5) is 0 Å². The van der Waals surface area contributed by atoms with Crippen LogP contribution >= 0.6 is 0 Å². The van der Waals surface area contributed by atoms with E-state index < -0.39 is 0 Å². The van der Waals surface area contributed by atoms with Crippen LogP contribution in [0.1, 0.15) is 0 Å². The van der Waals surface area contributed by atoms with Gasteiger partial charge in [0.2, 0.25) is 0 Å². The molecule has 7 nitrogen and oxygen atoms in total. The van der Waals surface area contributed by atoms with Crippen molar-refractivity contribution < 1.29 is 0 Å². The first-order chi connectivity index (χ1) is 3.41. The zero-order valence-electron chi connectivity index (χ0n) is 3.22. The second kappa shape index (κ2) is 4.60. The third kappa shape index (κ3) is 4.60. The highest BCUT2D eigenvalue weighted by Crippen LogP contribution is 1.74. The fraction of sp³-hybridized carbons (Fsp3) is 0. The van der Waals surface area contributed by atoms with Crippen LogP contribution in [0.5, 0.6) is 0 Å². The molecule has 0 radical (unpaired) electrons. The van der Waals surface area contributed by atoms with Crippen molar-refractivity contribution in [3.8, 4) is 0 Å². The molecule has 0 amide bonds. The summed E-state index contributed by atoms with van der Waals surface area (Å²) in [6.07, 6.45) is 0. The molecule has 0 aliphatic carbocycles. The molecule has 0 aromatic heterocycles. The van der Waals surface area contributed by atoms with E-state index in [9.17, 15) is 0 Å². The minimum Gasteiger partial charge on any atom is -0.303 e. The molecule has 0 aromatic rings. The van der Waals surface area contributed by atoms with E-state index in [1.165, 1.54) is 0 Å². The summed E-state index contributed by atoms with van der Waals surface area (Å²) in [6, 6.07) is 0. The van der Waals surface area contributed by atoms with Crippen molar-refractivity contribution in [3.63, 3.8) is 0 Å². The van der Waals surface area contributed by atoms with E-state index in [0.717, 1.165) is 0 Å². The van der Waals surface area contributed by atoms with Crippen LogP contribution in [0.25, 0.3) is 0 Å². The lowest BCUT2D eigenvalue weighted by atomic mass is 12.4. The maximum atomic E-state index is 9.03. The Morgan fingerprint density at radius 3 is 2.29 bits per heavy atom. The fourth-order valence-corrected chi connectivity index (χ4v) is 0.0573. The normalized spacial score (nSPS) is 10.9. The van der Waals surface area contributed by atoms with Crippen molar-refractivity contribution in [2.45, 2.75) is 0 Å². The highest BCUT2D eigenvalue weighted by Gasteiger charge is 1.58. The van der Waals surface area contributed by atoms with Gasteiger partial charge < -0.3 is 5.84 Å². The van der Waals surface area contributed by atoms with E-state index >= 15 is 0 Å². The number of hydrogen-bond donors (Lipinski definition) is 1. The molecular weight excluding hydrogens is 100 g/mol. The minimum atomic E-state index is 1.97. The molecule has 7 heteroatoms. The largest absolute Gasteiger partial charge is 0.303 e. The summed E-state index contributed by atoms with van der Waals surface area (Å²) in [5, 5.41) is 12.5. The van der Waals surface area contributed by atoms with Gasteiger partial charge in [-0.25, -0.2) is 0 Å². The lowest BCUT2D eigenvalue weighted by molar-refractivity contribution is 0.850. The number of nitroso groups, excluding NO2 is 1. The third-order valence-corrected chi connectivity index (χ3v) is 0.168. The van der Waals surface area contributed by atoms with Gasteiger partial charge in [0.05, 0.1) is 0 Å². The smallest absolute Gasteiger partial charge is 0.102 e. The summed E-state index contributed by atoms with van der Waals surface area (Å²) in [5.74, 6) is 4.43. The van der Waals surface area contributed by atoms with E-state index in [4.69, 9.17) is 4.91 Å². The van der Waals surface area contributed by atoms with Crippen molar-refractivity contribution in [3.05, 3.63) is 4.91 Å². The molecule has 0 rings (SSSR count). The van der Waals surface area contributed by atoms with Gasteiger partial charge in [-0.1, -0.05) is 5.22 Å². The molecule has 0 aliphatic heterocycles. The van der Waals surface area contributed by atoms with Crippen molar-refractivity contribution in [2.24, 2.45) is 32.0 Å². The van der Waals surface area contributed by atoms with Crippen molar-refractivity contribution >= 4 is 0 Å². The predicted octanol–water partition coefficient (Wildman–Crippen LogP) is 0.361. The second-order valence-corrected chi connectivity index (χ2v) is 0.465. The highest BCUT2D eigenvalue weighted by atomic mass is 16.3. The Balaban J connectivity index is 3.27. The summed E-state index contributed by atoms with van der Waals surface area (Å²) in [5.41, 5.74) is 0. The minimum absolute atomic E-state index is 1.97. The first-order valence-electron chi connectivity index (χ1n) is 1.24. The second-order valence-electron chi connectivity index (χ2n) is 0.465. The first-order valence-corrected chi connectivity index (χ1v) is 1.24. The molecule has 0 heterocycles. The monoisotopic (exact) mass is 102 g/mol. The molecule has 0 unspecified atom stereocenters. The van der Waals surface area contributed by atoms with Crippen LogP contribution < -0.4 is 5.84 Å². The van der Waals surface area contributed by atoms with Gasteiger partial charge in [0.25, 0.3) is 0 Å². The summed E-state index contributed by atoms with van der Waals surface area (Å²) >= 11 is 0.